The van der Waals surface area contributed by atoms with Gasteiger partial charge in [-0.25, -0.2) is 0 Å². The lowest BCUT2D eigenvalue weighted by Gasteiger charge is -2.44. The summed E-state index contributed by atoms with van der Waals surface area (Å²) in [7, 11) is 0. The van der Waals surface area contributed by atoms with Crippen LogP contribution in [0.4, 0.5) is 5.69 Å². The van der Waals surface area contributed by atoms with Gasteiger partial charge in [0.2, 0.25) is 0 Å². The van der Waals surface area contributed by atoms with Crippen molar-refractivity contribution >= 4 is 46.4 Å². The van der Waals surface area contributed by atoms with E-state index in [4.69, 9.17) is 28.9 Å². The monoisotopic (exact) mass is 601 g/mol. The Balaban J connectivity index is 1.68. The van der Waals surface area contributed by atoms with Crippen molar-refractivity contribution in [3.05, 3.63) is 115 Å². The average Bonchev–Trinajstić information content (AvgIpc) is 2.89. The smallest absolute Gasteiger partial charge is 0.162 e. The van der Waals surface area contributed by atoms with Crippen molar-refractivity contribution in [3.63, 3.8) is 0 Å². The summed E-state index contributed by atoms with van der Waals surface area (Å²) in [5.41, 5.74) is 14.5. The lowest BCUT2D eigenvalue weighted by Crippen LogP contribution is -2.42. The van der Waals surface area contributed by atoms with Crippen molar-refractivity contribution in [2.75, 3.05) is 4.90 Å². The van der Waals surface area contributed by atoms with Crippen molar-refractivity contribution in [2.45, 2.75) is 64.0 Å². The predicted octanol–water partition coefficient (Wildman–Crippen LogP) is 9.15. The van der Waals surface area contributed by atoms with Crippen LogP contribution in [0.25, 0.3) is 0 Å². The fraction of sp³-hybridized carbons (Fsp3) is 0.294. The third-order valence-electron chi connectivity index (χ3n) is 8.04. The fourth-order valence-corrected chi connectivity index (χ4v) is 7.60. The van der Waals surface area contributed by atoms with Crippen molar-refractivity contribution < 1.29 is 4.79 Å². The van der Waals surface area contributed by atoms with Crippen LogP contribution in [0, 0.1) is 37.5 Å². The van der Waals surface area contributed by atoms with Crippen LogP contribution in [0.15, 0.2) is 82.2 Å². The molecule has 0 radical (unpaired) electrons. The largest absolute Gasteiger partial charge is 0.384 e. The number of nitrogens with zero attached hydrogens (tertiary/aromatic N) is 2. The van der Waals surface area contributed by atoms with Crippen LogP contribution in [0.1, 0.15) is 60.4 Å². The molecule has 3 aromatic rings. The molecule has 0 bridgehead atoms. The molecule has 4 nitrogen and oxygen atoms in total. The van der Waals surface area contributed by atoms with Crippen LogP contribution in [-0.4, -0.2) is 5.78 Å². The molecule has 1 atom stereocenters. The van der Waals surface area contributed by atoms with Gasteiger partial charge in [0.25, 0.3) is 0 Å². The van der Waals surface area contributed by atoms with Gasteiger partial charge in [-0.05, 0) is 84.7 Å². The normalized spacial score (nSPS) is 18.4. The Hall–Kier alpha value is -3.17. The number of halogens is 2. The Bertz CT molecular complexity index is 1680. The van der Waals surface area contributed by atoms with E-state index in [-0.39, 0.29) is 11.2 Å². The van der Waals surface area contributed by atoms with Gasteiger partial charge < -0.3 is 5.73 Å². The second-order valence-electron chi connectivity index (χ2n) is 11.8. The lowest BCUT2D eigenvalue weighted by atomic mass is 9.68. The number of hydrogen-bond donors (Lipinski definition) is 1. The SMILES string of the molecule is Cc1cc(C)c(C2C(C#N)=C(N)N(c3ccc(Cl)cc3Cl)C3=C2C(=O)CC(C)(C)C3)cc1CSc1ccccc1C. The molecule has 2 aliphatic rings. The molecule has 2 N–H and O–H groups in total. The summed E-state index contributed by atoms with van der Waals surface area (Å²) in [6.45, 7) is 10.5. The molecule has 1 aliphatic heterocycles. The van der Waals surface area contributed by atoms with Gasteiger partial charge in [-0.3, -0.25) is 9.69 Å². The number of allylic oxidation sites excluding steroid dienone is 3. The lowest BCUT2D eigenvalue weighted by molar-refractivity contribution is -0.118. The van der Waals surface area contributed by atoms with Gasteiger partial charge in [-0.2, -0.15) is 5.26 Å². The van der Waals surface area contributed by atoms with E-state index in [9.17, 15) is 10.1 Å². The van der Waals surface area contributed by atoms with Crippen LogP contribution < -0.4 is 10.6 Å². The third-order valence-corrected chi connectivity index (χ3v) is 9.81. The van der Waals surface area contributed by atoms with Crippen molar-refractivity contribution in [3.8, 4) is 6.07 Å². The highest BCUT2D eigenvalue weighted by Gasteiger charge is 2.45. The van der Waals surface area contributed by atoms with Crippen LogP contribution >= 0.6 is 35.0 Å². The van der Waals surface area contributed by atoms with Crippen LogP contribution in [0.5, 0.6) is 0 Å². The van der Waals surface area contributed by atoms with Gasteiger partial charge in [-0.1, -0.05) is 67.4 Å². The highest BCUT2D eigenvalue weighted by atomic mass is 35.5. The molecule has 0 aromatic heterocycles. The van der Waals surface area contributed by atoms with Crippen molar-refractivity contribution in [1.82, 2.24) is 0 Å². The number of carbonyl (C=O) groups excluding carboxylic acids is 1. The predicted molar refractivity (Wildman–Crippen MR) is 170 cm³/mol. The van der Waals surface area contributed by atoms with E-state index in [1.54, 1.807) is 34.9 Å². The highest BCUT2D eigenvalue weighted by Crippen LogP contribution is 2.52. The first-order valence-corrected chi connectivity index (χ1v) is 15.4. The third kappa shape index (κ3) is 5.54. The number of aryl methyl sites for hydroxylation is 3. The molecule has 5 rings (SSSR count). The van der Waals surface area contributed by atoms with Crippen LogP contribution in [0.2, 0.25) is 10.0 Å². The molecular weight excluding hydrogens is 569 g/mol. The minimum Gasteiger partial charge on any atom is -0.384 e. The zero-order valence-corrected chi connectivity index (χ0v) is 26.3. The van der Waals surface area contributed by atoms with Crippen LogP contribution in [-0.2, 0) is 10.5 Å². The number of carbonyl (C=O) groups is 1. The Kier molecular flexibility index (Phi) is 8.05. The van der Waals surface area contributed by atoms with Crippen molar-refractivity contribution in [1.29, 1.82) is 5.26 Å². The second-order valence-corrected chi connectivity index (χ2v) is 13.6. The maximum Gasteiger partial charge on any atom is 0.162 e. The van der Waals surface area contributed by atoms with E-state index >= 15 is 0 Å². The number of Topliss-reactive ketones (excluding diaryl/α,β-unsaturated/α-hetero) is 1. The first-order chi connectivity index (χ1) is 19.4. The number of nitriles is 1. The molecule has 1 heterocycles. The minimum atomic E-state index is -0.552. The summed E-state index contributed by atoms with van der Waals surface area (Å²) in [6, 6.07) is 20.3. The molecule has 1 aliphatic carbocycles. The minimum absolute atomic E-state index is 0.0346. The Labute approximate surface area is 256 Å². The standard InChI is InChI=1S/C34H33Cl2N3OS/c1-19-8-6-7-9-30(19)41-18-22-13-24(21(3)12-20(22)2)31-25(17-37)33(38)39(27-11-10-23(35)14-26(27)36)28-15-34(4,5)16-29(40)32(28)31/h6-14,31H,15-16,18,38H2,1-5H3. The van der Waals surface area contributed by atoms with Gasteiger partial charge in [-0.15, -0.1) is 11.8 Å². The number of rotatable bonds is 5. The van der Waals surface area contributed by atoms with E-state index in [2.05, 4.69) is 64.1 Å². The number of benzene rings is 3. The number of anilines is 1. The summed E-state index contributed by atoms with van der Waals surface area (Å²) in [4.78, 5) is 17.0. The molecule has 0 saturated heterocycles. The second kappa shape index (κ2) is 11.2. The zero-order chi connectivity index (χ0) is 29.6. The van der Waals surface area contributed by atoms with E-state index in [1.807, 2.05) is 13.0 Å². The molecule has 0 saturated carbocycles. The van der Waals surface area contributed by atoms with Gasteiger partial charge in [0.15, 0.2) is 5.78 Å². The van der Waals surface area contributed by atoms with E-state index < -0.39 is 5.92 Å². The molecule has 41 heavy (non-hydrogen) atoms. The zero-order valence-electron chi connectivity index (χ0n) is 23.9. The van der Waals surface area contributed by atoms with Gasteiger partial charge in [0.05, 0.1) is 28.3 Å². The molecule has 1 unspecified atom stereocenters. The summed E-state index contributed by atoms with van der Waals surface area (Å²) in [5, 5.41) is 11.4. The Morgan fingerprint density at radius 2 is 1.76 bits per heavy atom. The first-order valence-electron chi connectivity index (χ1n) is 13.6. The van der Waals surface area contributed by atoms with E-state index in [0.717, 1.165) is 22.6 Å². The molecule has 0 amide bonds. The molecule has 0 spiro atoms. The van der Waals surface area contributed by atoms with Gasteiger partial charge >= 0.3 is 0 Å². The fourth-order valence-electron chi connectivity index (χ4n) is 6.01. The van der Waals surface area contributed by atoms with E-state index in [0.29, 0.717) is 45.5 Å². The molecule has 210 valence electrons. The maximum absolute atomic E-state index is 14.0. The topological polar surface area (TPSA) is 70.1 Å². The molecular formula is C34H33Cl2N3OS. The number of nitrogens with two attached hydrogens (primary N) is 1. The quantitative estimate of drug-likeness (QED) is 0.295. The van der Waals surface area contributed by atoms with Crippen LogP contribution in [0.3, 0.4) is 0 Å². The summed E-state index contributed by atoms with van der Waals surface area (Å²) in [5.74, 6) is 0.551. The Morgan fingerprint density at radius 3 is 2.44 bits per heavy atom. The number of ketones is 1. The van der Waals surface area contributed by atoms with Gasteiger partial charge in [0, 0.05) is 33.4 Å². The summed E-state index contributed by atoms with van der Waals surface area (Å²) in [6.07, 6.45) is 1.01. The maximum atomic E-state index is 14.0. The summed E-state index contributed by atoms with van der Waals surface area (Å²) >= 11 is 14.7. The number of hydrogen-bond acceptors (Lipinski definition) is 5. The Morgan fingerprint density at radius 1 is 1.02 bits per heavy atom. The van der Waals surface area contributed by atoms with E-state index in [1.165, 1.54) is 21.6 Å². The van der Waals surface area contributed by atoms with Gasteiger partial charge in [0.1, 0.15) is 5.82 Å². The summed E-state index contributed by atoms with van der Waals surface area (Å²) < 4.78 is 0. The molecule has 3 aromatic carbocycles. The molecule has 0 fully saturated rings. The average molecular weight is 603 g/mol. The highest BCUT2D eigenvalue weighted by molar-refractivity contribution is 7.98. The first kappa shape index (κ1) is 29.3. The number of thioether (sulfide) groups is 1. The van der Waals surface area contributed by atoms with Crippen molar-refractivity contribution in [2.24, 2.45) is 11.1 Å². The molecule has 7 heteroatoms.